The number of aromatic nitrogens is 1. The molecular formula is C10H8Cl2N2OS. The second-order valence-corrected chi connectivity index (χ2v) is 5.30. The fourth-order valence-corrected chi connectivity index (χ4v) is 2.54. The van der Waals surface area contributed by atoms with Gasteiger partial charge >= 0.3 is 0 Å². The van der Waals surface area contributed by atoms with Gasteiger partial charge in [0.05, 0.1) is 6.20 Å². The van der Waals surface area contributed by atoms with Crippen LogP contribution in [0.4, 0.5) is 5.82 Å². The van der Waals surface area contributed by atoms with Crippen LogP contribution in [0.2, 0.25) is 5.02 Å². The fourth-order valence-electron chi connectivity index (χ4n) is 1.52. The lowest BCUT2D eigenvalue weighted by atomic mass is 10.1. The molecule has 1 atom stereocenters. The Kier molecular flexibility index (Phi) is 3.44. The molecule has 0 aliphatic heterocycles. The molecule has 2 rings (SSSR count). The molecule has 1 heterocycles. The molecule has 0 saturated heterocycles. The lowest BCUT2D eigenvalue weighted by Gasteiger charge is -2.08. The van der Waals surface area contributed by atoms with E-state index in [0.717, 1.165) is 10.8 Å². The molecule has 0 aliphatic rings. The van der Waals surface area contributed by atoms with E-state index in [0.29, 0.717) is 15.7 Å². The highest BCUT2D eigenvalue weighted by molar-refractivity contribution is 8.13. The highest BCUT2D eigenvalue weighted by atomic mass is 35.7. The van der Waals surface area contributed by atoms with Crippen molar-refractivity contribution in [3.63, 3.8) is 0 Å². The zero-order chi connectivity index (χ0) is 11.7. The third-order valence-corrected chi connectivity index (χ3v) is 3.63. The van der Waals surface area contributed by atoms with Crippen molar-refractivity contribution in [1.29, 1.82) is 0 Å². The first-order valence-corrected chi connectivity index (χ1v) is 6.83. The molecule has 2 aromatic rings. The van der Waals surface area contributed by atoms with Crippen LogP contribution in [-0.4, -0.2) is 16.6 Å². The lowest BCUT2D eigenvalue weighted by molar-refractivity contribution is 0.609. The van der Waals surface area contributed by atoms with E-state index >= 15 is 0 Å². The molecule has 3 nitrogen and oxygen atoms in total. The number of hydrogen-bond donors (Lipinski definition) is 1. The van der Waals surface area contributed by atoms with Crippen LogP contribution in [0.25, 0.3) is 10.8 Å². The maximum Gasteiger partial charge on any atom is 0.199 e. The standard InChI is InChI=1S/C10H8Cl2N2OS/c1-13-10-8-4-6(11)2-3-7(8)9(5-14-10)16(12)15/h2-5H,1H3,(H,13,14). The first-order valence-electron chi connectivity index (χ1n) is 4.47. The fraction of sp³-hybridized carbons (Fsp3) is 0.100. The van der Waals surface area contributed by atoms with Crippen LogP contribution in [0.5, 0.6) is 0 Å². The van der Waals surface area contributed by atoms with Gasteiger partial charge in [0.1, 0.15) is 16.2 Å². The molecule has 0 fully saturated rings. The number of nitrogens with one attached hydrogen (secondary N) is 1. The highest BCUT2D eigenvalue weighted by Gasteiger charge is 2.16. The maximum atomic E-state index is 11.3. The molecule has 1 aromatic heterocycles. The molecule has 0 bridgehead atoms. The number of rotatable bonds is 2. The van der Waals surface area contributed by atoms with Gasteiger partial charge in [0, 0.05) is 22.8 Å². The molecule has 16 heavy (non-hydrogen) atoms. The van der Waals surface area contributed by atoms with E-state index in [1.807, 2.05) is 0 Å². The van der Waals surface area contributed by atoms with Crippen molar-refractivity contribution in [2.24, 2.45) is 0 Å². The Labute approximate surface area is 105 Å². The minimum Gasteiger partial charge on any atom is -0.594 e. The molecule has 1 N–H and O–H groups in total. The van der Waals surface area contributed by atoms with Gasteiger partial charge in [0.2, 0.25) is 0 Å². The van der Waals surface area contributed by atoms with Crippen molar-refractivity contribution in [3.05, 3.63) is 29.4 Å². The van der Waals surface area contributed by atoms with E-state index in [-0.39, 0.29) is 0 Å². The summed E-state index contributed by atoms with van der Waals surface area (Å²) in [6, 6.07) is 5.29. The number of hydrogen-bond acceptors (Lipinski definition) is 3. The average molecular weight is 275 g/mol. The predicted molar refractivity (Wildman–Crippen MR) is 68.6 cm³/mol. The molecule has 0 amide bonds. The SMILES string of the molecule is CNc1ncc([S+]([O-])Cl)c2ccc(Cl)cc12. The Morgan fingerprint density at radius 2 is 2.12 bits per heavy atom. The minimum absolute atomic E-state index is 0.493. The van der Waals surface area contributed by atoms with Crippen molar-refractivity contribution in [2.45, 2.75) is 4.90 Å². The minimum atomic E-state index is -1.58. The average Bonchev–Trinajstić information content (AvgIpc) is 2.27. The molecular weight excluding hydrogens is 267 g/mol. The topological polar surface area (TPSA) is 48.0 Å². The van der Waals surface area contributed by atoms with Crippen molar-refractivity contribution < 1.29 is 4.55 Å². The summed E-state index contributed by atoms with van der Waals surface area (Å²) < 4.78 is 11.3. The van der Waals surface area contributed by atoms with Crippen LogP contribution in [0.3, 0.4) is 0 Å². The van der Waals surface area contributed by atoms with Crippen LogP contribution >= 0.6 is 22.3 Å². The van der Waals surface area contributed by atoms with Gasteiger partial charge in [0.25, 0.3) is 0 Å². The second kappa shape index (κ2) is 4.67. The van der Waals surface area contributed by atoms with Crippen LogP contribution in [0.15, 0.2) is 29.3 Å². The molecule has 1 aromatic carbocycles. The molecule has 0 spiro atoms. The van der Waals surface area contributed by atoms with E-state index in [9.17, 15) is 4.55 Å². The van der Waals surface area contributed by atoms with Crippen LogP contribution in [-0.2, 0) is 10.4 Å². The molecule has 1 unspecified atom stereocenters. The van der Waals surface area contributed by atoms with Gasteiger partial charge < -0.3 is 9.87 Å². The van der Waals surface area contributed by atoms with E-state index in [1.54, 1.807) is 25.2 Å². The number of fused-ring (bicyclic) bond motifs is 1. The van der Waals surface area contributed by atoms with Crippen LogP contribution < -0.4 is 5.32 Å². The monoisotopic (exact) mass is 274 g/mol. The largest absolute Gasteiger partial charge is 0.594 e. The third-order valence-electron chi connectivity index (χ3n) is 2.22. The van der Waals surface area contributed by atoms with Gasteiger partial charge in [-0.25, -0.2) is 4.98 Å². The first kappa shape index (κ1) is 11.8. The van der Waals surface area contributed by atoms with Crippen LogP contribution in [0.1, 0.15) is 0 Å². The number of anilines is 1. The zero-order valence-electron chi connectivity index (χ0n) is 8.33. The van der Waals surface area contributed by atoms with Gasteiger partial charge in [0.15, 0.2) is 15.6 Å². The van der Waals surface area contributed by atoms with Crippen molar-refractivity contribution >= 4 is 49.3 Å². The number of benzene rings is 1. The quantitative estimate of drug-likeness (QED) is 0.856. The van der Waals surface area contributed by atoms with Crippen molar-refractivity contribution in [1.82, 2.24) is 4.98 Å². The Balaban J connectivity index is 2.80. The summed E-state index contributed by atoms with van der Waals surface area (Å²) in [6.07, 6.45) is 1.51. The van der Waals surface area contributed by atoms with Gasteiger partial charge in [-0.3, -0.25) is 0 Å². The molecule has 6 heteroatoms. The Morgan fingerprint density at radius 3 is 2.75 bits per heavy atom. The van der Waals surface area contributed by atoms with E-state index in [1.165, 1.54) is 6.20 Å². The highest BCUT2D eigenvalue weighted by Crippen LogP contribution is 2.31. The maximum absolute atomic E-state index is 11.3. The number of nitrogens with zero attached hydrogens (tertiary/aromatic N) is 1. The lowest BCUT2D eigenvalue weighted by Crippen LogP contribution is -1.99. The number of pyridine rings is 1. The zero-order valence-corrected chi connectivity index (χ0v) is 10.7. The summed E-state index contributed by atoms with van der Waals surface area (Å²) in [5.41, 5.74) is 0. The summed E-state index contributed by atoms with van der Waals surface area (Å²) in [5, 5.41) is 5.15. The second-order valence-electron chi connectivity index (χ2n) is 3.13. The Hall–Kier alpha value is -0.680. The molecule has 0 saturated carbocycles. The Bertz CT molecular complexity index is 533. The molecule has 84 valence electrons. The molecule has 0 aliphatic carbocycles. The smallest absolute Gasteiger partial charge is 0.199 e. The summed E-state index contributed by atoms with van der Waals surface area (Å²) in [4.78, 5) is 4.63. The van der Waals surface area contributed by atoms with Gasteiger partial charge in [-0.05, 0) is 18.2 Å². The van der Waals surface area contributed by atoms with Crippen LogP contribution in [0, 0.1) is 0 Å². The van der Waals surface area contributed by atoms with Crippen molar-refractivity contribution in [2.75, 3.05) is 12.4 Å². The van der Waals surface area contributed by atoms with Crippen molar-refractivity contribution in [3.8, 4) is 0 Å². The van der Waals surface area contributed by atoms with E-state index < -0.39 is 10.4 Å². The van der Waals surface area contributed by atoms with E-state index in [2.05, 4.69) is 10.3 Å². The van der Waals surface area contributed by atoms with Gasteiger partial charge in [-0.1, -0.05) is 11.6 Å². The third kappa shape index (κ3) is 2.06. The Morgan fingerprint density at radius 1 is 1.38 bits per heavy atom. The summed E-state index contributed by atoms with van der Waals surface area (Å²) in [6.45, 7) is 0. The summed E-state index contributed by atoms with van der Waals surface area (Å²) >= 11 is 5.92. The predicted octanol–water partition coefficient (Wildman–Crippen LogP) is 3.19. The number of halogens is 2. The summed E-state index contributed by atoms with van der Waals surface area (Å²) in [7, 11) is 5.78. The van der Waals surface area contributed by atoms with E-state index in [4.69, 9.17) is 22.3 Å². The van der Waals surface area contributed by atoms with Gasteiger partial charge in [-0.15, -0.1) is 0 Å². The summed E-state index contributed by atoms with van der Waals surface area (Å²) in [5.74, 6) is 0.684. The first-order chi connectivity index (χ1) is 7.63. The van der Waals surface area contributed by atoms with Gasteiger partial charge in [-0.2, -0.15) is 0 Å². The normalized spacial score (nSPS) is 12.8. The molecule has 0 radical (unpaired) electrons.